The number of nitrogens with one attached hydrogen (secondary N) is 1. The van der Waals surface area contributed by atoms with Crippen molar-refractivity contribution in [2.75, 3.05) is 39.4 Å². The average molecular weight is 422 g/mol. The van der Waals surface area contributed by atoms with Crippen LogP contribution in [0.5, 0.6) is 11.5 Å². The number of hydrogen-bond acceptors (Lipinski definition) is 5. The summed E-state index contributed by atoms with van der Waals surface area (Å²) in [5.74, 6) is 1.05. The van der Waals surface area contributed by atoms with Crippen LogP contribution in [0.2, 0.25) is 0 Å². The van der Waals surface area contributed by atoms with Gasteiger partial charge in [-0.2, -0.15) is 0 Å². The molecule has 1 saturated heterocycles. The van der Waals surface area contributed by atoms with E-state index in [1.807, 2.05) is 37.3 Å². The Hall–Kier alpha value is -3.55. The van der Waals surface area contributed by atoms with Gasteiger partial charge in [-0.1, -0.05) is 12.1 Å². The highest BCUT2D eigenvalue weighted by molar-refractivity contribution is 5.97. The SMILES string of the molecule is CCOc1ccccc1OCC(=O)N1CCCN(C(=O)c2ccc3nc[nH]c3c2)CC1. The number of amides is 2. The molecule has 2 amide bonds. The zero-order valence-electron chi connectivity index (χ0n) is 17.5. The lowest BCUT2D eigenvalue weighted by Crippen LogP contribution is -2.39. The van der Waals surface area contributed by atoms with Crippen LogP contribution in [0.4, 0.5) is 0 Å². The van der Waals surface area contributed by atoms with Crippen LogP contribution >= 0.6 is 0 Å². The summed E-state index contributed by atoms with van der Waals surface area (Å²) in [7, 11) is 0. The molecular formula is C23H26N4O4. The average Bonchev–Trinajstić information content (AvgIpc) is 3.12. The molecule has 1 fully saturated rings. The lowest BCUT2D eigenvalue weighted by Gasteiger charge is -2.22. The molecule has 1 aromatic heterocycles. The highest BCUT2D eigenvalue weighted by Gasteiger charge is 2.23. The zero-order chi connectivity index (χ0) is 21.6. The van der Waals surface area contributed by atoms with Gasteiger partial charge in [-0.3, -0.25) is 9.59 Å². The molecule has 1 aliphatic rings. The number of fused-ring (bicyclic) bond motifs is 1. The predicted octanol–water partition coefficient (Wildman–Crippen LogP) is 2.72. The quantitative estimate of drug-likeness (QED) is 0.660. The van der Waals surface area contributed by atoms with Gasteiger partial charge in [-0.15, -0.1) is 0 Å². The number of para-hydroxylation sites is 2. The Bertz CT molecular complexity index is 1060. The summed E-state index contributed by atoms with van der Waals surface area (Å²) < 4.78 is 11.3. The molecule has 31 heavy (non-hydrogen) atoms. The minimum atomic E-state index is -0.0977. The number of benzene rings is 2. The molecule has 0 spiro atoms. The van der Waals surface area contributed by atoms with Gasteiger partial charge in [0, 0.05) is 31.7 Å². The molecule has 1 aliphatic heterocycles. The van der Waals surface area contributed by atoms with Gasteiger partial charge in [0.25, 0.3) is 11.8 Å². The van der Waals surface area contributed by atoms with E-state index in [1.165, 1.54) is 0 Å². The number of ether oxygens (including phenoxy) is 2. The number of nitrogens with zero attached hydrogens (tertiary/aromatic N) is 3. The first-order chi connectivity index (χ1) is 15.2. The van der Waals surface area contributed by atoms with Crippen LogP contribution in [0, 0.1) is 0 Å². The van der Waals surface area contributed by atoms with Crippen molar-refractivity contribution in [2.45, 2.75) is 13.3 Å². The lowest BCUT2D eigenvalue weighted by atomic mass is 10.1. The third-order valence-electron chi connectivity index (χ3n) is 5.30. The van der Waals surface area contributed by atoms with Crippen molar-refractivity contribution < 1.29 is 19.1 Å². The Kier molecular flexibility index (Phi) is 6.35. The van der Waals surface area contributed by atoms with Crippen LogP contribution in [-0.2, 0) is 4.79 Å². The van der Waals surface area contributed by atoms with Crippen LogP contribution < -0.4 is 9.47 Å². The summed E-state index contributed by atoms with van der Waals surface area (Å²) in [6, 6.07) is 12.8. The molecular weight excluding hydrogens is 396 g/mol. The van der Waals surface area contributed by atoms with E-state index in [9.17, 15) is 9.59 Å². The third-order valence-corrected chi connectivity index (χ3v) is 5.30. The summed E-state index contributed by atoms with van der Waals surface area (Å²) in [6.45, 7) is 4.54. The first-order valence-corrected chi connectivity index (χ1v) is 10.5. The molecule has 4 rings (SSSR count). The fraction of sp³-hybridized carbons (Fsp3) is 0.348. The number of carbonyl (C=O) groups is 2. The summed E-state index contributed by atoms with van der Waals surface area (Å²) in [6.07, 6.45) is 2.34. The number of H-pyrrole nitrogens is 1. The highest BCUT2D eigenvalue weighted by atomic mass is 16.5. The van der Waals surface area contributed by atoms with Crippen molar-refractivity contribution in [3.63, 3.8) is 0 Å². The monoisotopic (exact) mass is 422 g/mol. The van der Waals surface area contributed by atoms with Gasteiger partial charge in [0.1, 0.15) is 0 Å². The molecule has 0 atom stereocenters. The van der Waals surface area contributed by atoms with E-state index in [2.05, 4.69) is 9.97 Å². The topological polar surface area (TPSA) is 87.8 Å². The van der Waals surface area contributed by atoms with E-state index in [0.29, 0.717) is 49.8 Å². The van der Waals surface area contributed by atoms with E-state index in [-0.39, 0.29) is 18.4 Å². The van der Waals surface area contributed by atoms with Gasteiger partial charge in [-0.05, 0) is 43.7 Å². The normalized spacial score (nSPS) is 14.4. The summed E-state index contributed by atoms with van der Waals surface area (Å²) >= 11 is 0. The van der Waals surface area contributed by atoms with Crippen LogP contribution in [-0.4, -0.2) is 71.0 Å². The van der Waals surface area contributed by atoms with Crippen molar-refractivity contribution in [3.8, 4) is 11.5 Å². The number of imidazole rings is 1. The minimum Gasteiger partial charge on any atom is -0.490 e. The Morgan fingerprint density at radius 3 is 2.55 bits per heavy atom. The highest BCUT2D eigenvalue weighted by Crippen LogP contribution is 2.26. The molecule has 8 nitrogen and oxygen atoms in total. The van der Waals surface area contributed by atoms with Gasteiger partial charge in [0.15, 0.2) is 18.1 Å². The molecule has 0 radical (unpaired) electrons. The maximum atomic E-state index is 13.0. The van der Waals surface area contributed by atoms with Crippen LogP contribution in [0.1, 0.15) is 23.7 Å². The van der Waals surface area contributed by atoms with Gasteiger partial charge in [0.05, 0.1) is 24.0 Å². The molecule has 8 heteroatoms. The molecule has 1 N–H and O–H groups in total. The molecule has 162 valence electrons. The standard InChI is InChI=1S/C23H26N4O4/c1-2-30-20-6-3-4-7-21(20)31-15-22(28)26-10-5-11-27(13-12-26)23(29)17-8-9-18-19(14-17)25-16-24-18/h3-4,6-9,14,16H,2,5,10-13,15H2,1H3,(H,24,25). The zero-order valence-corrected chi connectivity index (χ0v) is 17.5. The maximum absolute atomic E-state index is 13.0. The van der Waals surface area contributed by atoms with E-state index in [4.69, 9.17) is 9.47 Å². The number of hydrogen-bond donors (Lipinski definition) is 1. The number of carbonyl (C=O) groups excluding carboxylic acids is 2. The van der Waals surface area contributed by atoms with Gasteiger partial charge in [-0.25, -0.2) is 4.98 Å². The Balaban J connectivity index is 1.34. The van der Waals surface area contributed by atoms with Crippen molar-refractivity contribution >= 4 is 22.8 Å². The Morgan fingerprint density at radius 2 is 1.74 bits per heavy atom. The minimum absolute atomic E-state index is 0.0345. The van der Waals surface area contributed by atoms with E-state index < -0.39 is 0 Å². The molecule has 0 saturated carbocycles. The van der Waals surface area contributed by atoms with Gasteiger partial charge >= 0.3 is 0 Å². The first-order valence-electron chi connectivity index (χ1n) is 10.5. The van der Waals surface area contributed by atoms with Gasteiger partial charge in [0.2, 0.25) is 0 Å². The van der Waals surface area contributed by atoms with Crippen molar-refractivity contribution in [1.82, 2.24) is 19.8 Å². The number of aromatic nitrogens is 2. The molecule has 2 heterocycles. The second kappa shape index (κ2) is 9.51. The first kappa shape index (κ1) is 20.7. The van der Waals surface area contributed by atoms with E-state index in [1.54, 1.807) is 28.3 Å². The Morgan fingerprint density at radius 1 is 1.00 bits per heavy atom. The summed E-state index contributed by atoms with van der Waals surface area (Å²) in [5, 5.41) is 0. The van der Waals surface area contributed by atoms with Crippen LogP contribution in [0.15, 0.2) is 48.8 Å². The lowest BCUT2D eigenvalue weighted by molar-refractivity contribution is -0.133. The smallest absolute Gasteiger partial charge is 0.260 e. The second-order valence-corrected chi connectivity index (χ2v) is 7.33. The van der Waals surface area contributed by atoms with Gasteiger partial charge < -0.3 is 24.3 Å². The van der Waals surface area contributed by atoms with Crippen LogP contribution in [0.3, 0.4) is 0 Å². The third kappa shape index (κ3) is 4.79. The van der Waals surface area contributed by atoms with Crippen molar-refractivity contribution in [3.05, 3.63) is 54.4 Å². The summed E-state index contributed by atoms with van der Waals surface area (Å²) in [4.78, 5) is 36.4. The molecule has 0 bridgehead atoms. The molecule has 2 aromatic carbocycles. The number of rotatable bonds is 6. The molecule has 0 aliphatic carbocycles. The van der Waals surface area contributed by atoms with Crippen molar-refractivity contribution in [1.29, 1.82) is 0 Å². The van der Waals surface area contributed by atoms with E-state index in [0.717, 1.165) is 17.5 Å². The van der Waals surface area contributed by atoms with Crippen molar-refractivity contribution in [2.24, 2.45) is 0 Å². The summed E-state index contributed by atoms with van der Waals surface area (Å²) in [5.41, 5.74) is 2.28. The second-order valence-electron chi connectivity index (χ2n) is 7.33. The van der Waals surface area contributed by atoms with E-state index >= 15 is 0 Å². The predicted molar refractivity (Wildman–Crippen MR) is 116 cm³/mol. The Labute approximate surface area is 180 Å². The maximum Gasteiger partial charge on any atom is 0.260 e. The fourth-order valence-corrected chi connectivity index (χ4v) is 3.70. The molecule has 3 aromatic rings. The fourth-order valence-electron chi connectivity index (χ4n) is 3.70. The number of aromatic amines is 1. The van der Waals surface area contributed by atoms with Crippen LogP contribution in [0.25, 0.3) is 11.0 Å². The molecule has 0 unspecified atom stereocenters. The largest absolute Gasteiger partial charge is 0.490 e.